The molecule has 2 rings (SSSR count). The highest BCUT2D eigenvalue weighted by atomic mass is 16.5. The first-order chi connectivity index (χ1) is 11.7. The second kappa shape index (κ2) is 9.04. The maximum Gasteiger partial charge on any atom is 0.274 e. The van der Waals surface area contributed by atoms with Crippen molar-refractivity contribution in [1.29, 1.82) is 0 Å². The fourth-order valence-corrected chi connectivity index (χ4v) is 1.77. The Balaban J connectivity index is 2.09. The molecule has 2 aromatic rings. The highest BCUT2D eigenvalue weighted by Gasteiger charge is 2.12. The summed E-state index contributed by atoms with van der Waals surface area (Å²) in [5.74, 6) is 0.524. The van der Waals surface area contributed by atoms with Crippen LogP contribution in [0.1, 0.15) is 16.9 Å². The number of amides is 1. The average molecular weight is 325 g/mol. The summed E-state index contributed by atoms with van der Waals surface area (Å²) in [4.78, 5) is 24.6. The quantitative estimate of drug-likeness (QED) is 0.544. The van der Waals surface area contributed by atoms with Crippen molar-refractivity contribution in [2.45, 2.75) is 6.42 Å². The second-order valence-electron chi connectivity index (χ2n) is 4.69. The minimum absolute atomic E-state index is 0.234. The van der Waals surface area contributed by atoms with Gasteiger partial charge in [0.1, 0.15) is 17.1 Å². The number of pyridine rings is 1. The SMILES string of the molecule is C=CCCOc1ccncc1NC(=O)c1ccnc(NCC=C)n1. The molecule has 2 aromatic heterocycles. The molecule has 0 saturated carbocycles. The third-order valence-electron chi connectivity index (χ3n) is 2.90. The van der Waals surface area contributed by atoms with E-state index in [1.807, 2.05) is 0 Å². The molecule has 0 atom stereocenters. The zero-order valence-corrected chi connectivity index (χ0v) is 13.2. The van der Waals surface area contributed by atoms with Gasteiger partial charge in [0.2, 0.25) is 5.95 Å². The van der Waals surface area contributed by atoms with Gasteiger partial charge in [-0.1, -0.05) is 12.2 Å². The van der Waals surface area contributed by atoms with Crippen LogP contribution in [0, 0.1) is 0 Å². The normalized spacial score (nSPS) is 9.83. The predicted molar refractivity (Wildman–Crippen MR) is 93.2 cm³/mol. The number of rotatable bonds is 9. The lowest BCUT2D eigenvalue weighted by Gasteiger charge is -2.11. The Bertz CT molecular complexity index is 718. The molecule has 0 aliphatic rings. The summed E-state index contributed by atoms with van der Waals surface area (Å²) < 4.78 is 5.61. The van der Waals surface area contributed by atoms with Crippen molar-refractivity contribution < 1.29 is 9.53 Å². The molecule has 2 heterocycles. The minimum Gasteiger partial charge on any atom is -0.491 e. The van der Waals surface area contributed by atoms with Crippen LogP contribution in [0.15, 0.2) is 56.0 Å². The first-order valence-electron chi connectivity index (χ1n) is 7.41. The Kier molecular flexibility index (Phi) is 6.46. The average Bonchev–Trinajstić information content (AvgIpc) is 2.62. The van der Waals surface area contributed by atoms with Crippen LogP contribution in [-0.4, -0.2) is 34.0 Å². The smallest absolute Gasteiger partial charge is 0.274 e. The maximum atomic E-state index is 12.4. The van der Waals surface area contributed by atoms with E-state index in [4.69, 9.17) is 4.74 Å². The van der Waals surface area contributed by atoms with Crippen molar-refractivity contribution in [3.8, 4) is 5.75 Å². The Morgan fingerprint density at radius 2 is 2.12 bits per heavy atom. The number of anilines is 2. The van der Waals surface area contributed by atoms with Crippen molar-refractivity contribution in [2.24, 2.45) is 0 Å². The van der Waals surface area contributed by atoms with E-state index in [-0.39, 0.29) is 11.6 Å². The van der Waals surface area contributed by atoms with E-state index < -0.39 is 0 Å². The van der Waals surface area contributed by atoms with Gasteiger partial charge in [-0.3, -0.25) is 9.78 Å². The molecule has 0 saturated heterocycles. The molecule has 0 unspecified atom stereocenters. The van der Waals surface area contributed by atoms with Crippen LogP contribution in [0.25, 0.3) is 0 Å². The Labute approximate surface area is 140 Å². The molecule has 7 nitrogen and oxygen atoms in total. The number of aromatic nitrogens is 3. The molecular formula is C17H19N5O2. The Morgan fingerprint density at radius 1 is 1.25 bits per heavy atom. The number of carbonyl (C=O) groups is 1. The topological polar surface area (TPSA) is 89.0 Å². The van der Waals surface area contributed by atoms with E-state index in [1.54, 1.807) is 24.4 Å². The van der Waals surface area contributed by atoms with Crippen LogP contribution in [0.5, 0.6) is 5.75 Å². The molecule has 0 aliphatic heterocycles. The molecule has 0 aromatic carbocycles. The summed E-state index contributed by atoms with van der Waals surface area (Å²) in [7, 11) is 0. The molecule has 0 aliphatic carbocycles. The van der Waals surface area contributed by atoms with Crippen LogP contribution in [0.2, 0.25) is 0 Å². The molecule has 0 fully saturated rings. The summed E-state index contributed by atoms with van der Waals surface area (Å²) in [6, 6.07) is 3.22. The van der Waals surface area contributed by atoms with Gasteiger partial charge in [-0.05, 0) is 12.5 Å². The van der Waals surface area contributed by atoms with E-state index in [9.17, 15) is 4.79 Å². The monoisotopic (exact) mass is 325 g/mol. The maximum absolute atomic E-state index is 12.4. The van der Waals surface area contributed by atoms with E-state index in [2.05, 4.69) is 38.7 Å². The van der Waals surface area contributed by atoms with Crippen LogP contribution >= 0.6 is 0 Å². The van der Waals surface area contributed by atoms with Gasteiger partial charge in [0.05, 0.1) is 12.8 Å². The van der Waals surface area contributed by atoms with Crippen molar-refractivity contribution in [3.05, 3.63) is 61.7 Å². The lowest BCUT2D eigenvalue weighted by atomic mass is 10.3. The number of nitrogens with one attached hydrogen (secondary N) is 2. The Morgan fingerprint density at radius 3 is 2.92 bits per heavy atom. The van der Waals surface area contributed by atoms with Gasteiger partial charge in [-0.25, -0.2) is 9.97 Å². The van der Waals surface area contributed by atoms with Gasteiger partial charge >= 0.3 is 0 Å². The molecule has 7 heteroatoms. The van der Waals surface area contributed by atoms with Gasteiger partial charge in [0, 0.05) is 25.0 Å². The number of nitrogens with zero attached hydrogens (tertiary/aromatic N) is 3. The third kappa shape index (κ3) is 4.91. The summed E-state index contributed by atoms with van der Waals surface area (Å²) in [5.41, 5.74) is 0.711. The minimum atomic E-state index is -0.374. The van der Waals surface area contributed by atoms with Crippen molar-refractivity contribution in [1.82, 2.24) is 15.0 Å². The van der Waals surface area contributed by atoms with Crippen LogP contribution < -0.4 is 15.4 Å². The first kappa shape index (κ1) is 17.1. The number of carbonyl (C=O) groups excluding carboxylic acids is 1. The first-order valence-corrected chi connectivity index (χ1v) is 7.41. The highest BCUT2D eigenvalue weighted by Crippen LogP contribution is 2.23. The van der Waals surface area contributed by atoms with Crippen LogP contribution in [0.4, 0.5) is 11.6 Å². The molecule has 0 bridgehead atoms. The van der Waals surface area contributed by atoms with Crippen LogP contribution in [0.3, 0.4) is 0 Å². The molecule has 24 heavy (non-hydrogen) atoms. The number of hydrogen-bond donors (Lipinski definition) is 2. The van der Waals surface area contributed by atoms with Gasteiger partial charge < -0.3 is 15.4 Å². The molecular weight excluding hydrogens is 306 g/mol. The van der Waals surface area contributed by atoms with Crippen molar-refractivity contribution >= 4 is 17.5 Å². The number of hydrogen-bond acceptors (Lipinski definition) is 6. The fraction of sp³-hybridized carbons (Fsp3) is 0.176. The second-order valence-corrected chi connectivity index (χ2v) is 4.69. The van der Waals surface area contributed by atoms with Gasteiger partial charge in [-0.15, -0.1) is 13.2 Å². The van der Waals surface area contributed by atoms with Gasteiger partial charge in [-0.2, -0.15) is 0 Å². The van der Waals surface area contributed by atoms with E-state index >= 15 is 0 Å². The summed E-state index contributed by atoms with van der Waals surface area (Å²) in [5, 5.41) is 5.68. The van der Waals surface area contributed by atoms with Crippen LogP contribution in [-0.2, 0) is 0 Å². The lowest BCUT2D eigenvalue weighted by molar-refractivity contribution is 0.102. The standard InChI is InChI=1S/C17H19N5O2/c1-3-5-11-24-15-7-9-18-12-14(15)21-16(23)13-6-10-20-17(22-13)19-8-4-2/h3-4,6-7,9-10,12H,1-2,5,8,11H2,(H,21,23)(H,19,20,22). The molecule has 0 spiro atoms. The largest absolute Gasteiger partial charge is 0.491 e. The predicted octanol–water partition coefficient (Wildman–Crippen LogP) is 2.68. The zero-order valence-electron chi connectivity index (χ0n) is 13.2. The lowest BCUT2D eigenvalue weighted by Crippen LogP contribution is -2.16. The summed E-state index contributed by atoms with van der Waals surface area (Å²) >= 11 is 0. The van der Waals surface area contributed by atoms with E-state index in [0.29, 0.717) is 37.0 Å². The van der Waals surface area contributed by atoms with Gasteiger partial charge in [0.25, 0.3) is 5.91 Å². The summed E-state index contributed by atoms with van der Waals surface area (Å²) in [6.45, 7) is 8.23. The van der Waals surface area contributed by atoms with E-state index in [0.717, 1.165) is 0 Å². The van der Waals surface area contributed by atoms with Crippen molar-refractivity contribution in [2.75, 3.05) is 23.8 Å². The number of ether oxygens (including phenoxy) is 1. The Hall–Kier alpha value is -3.22. The summed E-state index contributed by atoms with van der Waals surface area (Å²) in [6.07, 6.45) is 8.79. The molecule has 2 N–H and O–H groups in total. The zero-order chi connectivity index (χ0) is 17.2. The van der Waals surface area contributed by atoms with Gasteiger partial charge in [0.15, 0.2) is 0 Å². The van der Waals surface area contributed by atoms with E-state index in [1.165, 1.54) is 18.5 Å². The highest BCUT2D eigenvalue weighted by molar-refractivity contribution is 6.03. The van der Waals surface area contributed by atoms with Crippen molar-refractivity contribution in [3.63, 3.8) is 0 Å². The fourth-order valence-electron chi connectivity index (χ4n) is 1.77. The molecule has 0 radical (unpaired) electrons. The third-order valence-corrected chi connectivity index (χ3v) is 2.90. The molecule has 124 valence electrons. The molecule has 1 amide bonds.